The Labute approximate surface area is 101 Å². The lowest BCUT2D eigenvalue weighted by molar-refractivity contribution is -0.137. The van der Waals surface area contributed by atoms with Crippen LogP contribution < -0.4 is 0 Å². The molecule has 16 heavy (non-hydrogen) atoms. The van der Waals surface area contributed by atoms with Crippen molar-refractivity contribution in [1.82, 2.24) is 4.57 Å². The van der Waals surface area contributed by atoms with E-state index in [1.165, 1.54) is 12.1 Å². The third-order valence-corrected chi connectivity index (χ3v) is 6.89. The Bertz CT molecular complexity index is 225. The molecule has 0 amide bonds. The van der Waals surface area contributed by atoms with Crippen molar-refractivity contribution in [3.05, 3.63) is 12.7 Å². The first-order valence-electron chi connectivity index (χ1n) is 6.02. The number of hydrogen-bond acceptors (Lipinski definition) is 3. The van der Waals surface area contributed by atoms with Gasteiger partial charge in [0.2, 0.25) is 0 Å². The van der Waals surface area contributed by atoms with E-state index < -0.39 is 8.24 Å². The molecule has 0 atom stereocenters. The molecule has 0 aromatic heterocycles. The molecule has 0 rings (SSSR count). The third-order valence-electron chi connectivity index (χ3n) is 2.96. The van der Waals surface area contributed by atoms with Gasteiger partial charge in [-0.15, -0.1) is 0 Å². The molecule has 0 bridgehead atoms. The predicted octanol–water partition coefficient (Wildman–Crippen LogP) is 2.65. The molecule has 0 fully saturated rings. The van der Waals surface area contributed by atoms with Crippen LogP contribution in [0.25, 0.3) is 0 Å². The summed E-state index contributed by atoms with van der Waals surface area (Å²) < 4.78 is 7.54. The van der Waals surface area contributed by atoms with Gasteiger partial charge in [0, 0.05) is 6.08 Å². The molecule has 0 aromatic carbocycles. The van der Waals surface area contributed by atoms with Crippen molar-refractivity contribution in [2.45, 2.75) is 39.4 Å². The van der Waals surface area contributed by atoms with Crippen LogP contribution in [0.1, 0.15) is 20.3 Å². The summed E-state index contributed by atoms with van der Waals surface area (Å²) in [6, 6.07) is 1.17. The van der Waals surface area contributed by atoms with Crippen molar-refractivity contribution in [2.24, 2.45) is 0 Å². The predicted molar refractivity (Wildman–Crippen MR) is 71.0 cm³/mol. The van der Waals surface area contributed by atoms with Gasteiger partial charge in [0.05, 0.1) is 6.61 Å². The number of esters is 1. The molecule has 0 unspecified atom stereocenters. The molecule has 94 valence electrons. The van der Waals surface area contributed by atoms with Crippen molar-refractivity contribution >= 4 is 14.2 Å². The van der Waals surface area contributed by atoms with Crippen LogP contribution in [0.15, 0.2) is 12.7 Å². The van der Waals surface area contributed by atoms with Gasteiger partial charge in [-0.05, 0) is 25.6 Å². The van der Waals surface area contributed by atoms with E-state index in [0.29, 0.717) is 6.61 Å². The van der Waals surface area contributed by atoms with Crippen molar-refractivity contribution in [3.63, 3.8) is 0 Å². The zero-order chi connectivity index (χ0) is 12.6. The van der Waals surface area contributed by atoms with Crippen LogP contribution in [0.3, 0.4) is 0 Å². The molecule has 0 aliphatic carbocycles. The van der Waals surface area contributed by atoms with Crippen molar-refractivity contribution in [2.75, 3.05) is 19.7 Å². The topological polar surface area (TPSA) is 29.5 Å². The van der Waals surface area contributed by atoms with E-state index in [1.54, 1.807) is 0 Å². The summed E-state index contributed by atoms with van der Waals surface area (Å²) in [7, 11) is -1.30. The largest absolute Gasteiger partial charge is 0.463 e. The second-order valence-corrected chi connectivity index (χ2v) is 9.22. The molecule has 0 aromatic rings. The van der Waals surface area contributed by atoms with Gasteiger partial charge < -0.3 is 9.30 Å². The number of carbonyl (C=O) groups excluding carboxylic acids is 1. The minimum Gasteiger partial charge on any atom is -0.463 e. The fourth-order valence-electron chi connectivity index (χ4n) is 1.97. The molecular weight excluding hydrogens is 218 g/mol. The first-order valence-corrected chi connectivity index (χ1v) is 9.17. The second-order valence-electron chi connectivity index (χ2n) is 4.46. The van der Waals surface area contributed by atoms with E-state index in [-0.39, 0.29) is 5.97 Å². The second kappa shape index (κ2) is 7.63. The van der Waals surface area contributed by atoms with Crippen LogP contribution in [-0.4, -0.2) is 38.5 Å². The molecule has 4 heteroatoms. The van der Waals surface area contributed by atoms with Gasteiger partial charge in [-0.1, -0.05) is 33.5 Å². The number of ether oxygens (including phenoxy) is 1. The number of nitrogens with zero attached hydrogens (tertiary/aromatic N) is 1. The highest BCUT2D eigenvalue weighted by atomic mass is 28.3. The average molecular weight is 243 g/mol. The number of rotatable bonds is 8. The first kappa shape index (κ1) is 15.4. The van der Waals surface area contributed by atoms with Crippen molar-refractivity contribution < 1.29 is 9.53 Å². The lowest BCUT2D eigenvalue weighted by Crippen LogP contribution is -2.48. The van der Waals surface area contributed by atoms with Gasteiger partial charge in [-0.3, -0.25) is 0 Å². The van der Waals surface area contributed by atoms with Crippen LogP contribution in [0.5, 0.6) is 0 Å². The summed E-state index contributed by atoms with van der Waals surface area (Å²) in [6.07, 6.45) is 2.17. The summed E-state index contributed by atoms with van der Waals surface area (Å²) in [6.45, 7) is 15.3. The third kappa shape index (κ3) is 5.46. The molecule has 0 saturated carbocycles. The number of carbonyl (C=O) groups is 1. The van der Waals surface area contributed by atoms with Gasteiger partial charge in [-0.25, -0.2) is 4.79 Å². The van der Waals surface area contributed by atoms with Crippen molar-refractivity contribution in [1.29, 1.82) is 0 Å². The van der Waals surface area contributed by atoms with Crippen LogP contribution in [0.2, 0.25) is 19.1 Å². The fraction of sp³-hybridized carbons (Fsp3) is 0.750. The lowest BCUT2D eigenvalue weighted by Gasteiger charge is -2.35. The zero-order valence-corrected chi connectivity index (χ0v) is 12.1. The van der Waals surface area contributed by atoms with Gasteiger partial charge >= 0.3 is 5.97 Å². The Morgan fingerprint density at radius 1 is 1.38 bits per heavy atom. The standard InChI is InChI=1S/C12H25NO2Si/c1-6-12(14)15-10-9-11-16(4,5)13(7-2)8-3/h6H,1,7-11H2,2-5H3. The smallest absolute Gasteiger partial charge is 0.330 e. The van der Waals surface area contributed by atoms with Crippen LogP contribution >= 0.6 is 0 Å². The monoisotopic (exact) mass is 243 g/mol. The highest BCUT2D eigenvalue weighted by Crippen LogP contribution is 2.17. The van der Waals surface area contributed by atoms with E-state index in [4.69, 9.17) is 4.74 Å². The SMILES string of the molecule is C=CC(=O)OCCC[Si](C)(C)N(CC)CC. The van der Waals surface area contributed by atoms with E-state index in [1.807, 2.05) is 0 Å². The normalized spacial score (nSPS) is 11.6. The molecule has 0 heterocycles. The fourth-order valence-corrected chi connectivity index (χ4v) is 5.01. The Morgan fingerprint density at radius 3 is 2.38 bits per heavy atom. The van der Waals surface area contributed by atoms with E-state index in [9.17, 15) is 4.79 Å². The quantitative estimate of drug-likeness (QED) is 0.284. The molecule has 3 nitrogen and oxygen atoms in total. The summed E-state index contributed by atoms with van der Waals surface area (Å²) in [5.74, 6) is -0.317. The molecule has 0 saturated heterocycles. The molecule has 0 spiro atoms. The van der Waals surface area contributed by atoms with Crippen LogP contribution in [0, 0.1) is 0 Å². The minimum absolute atomic E-state index is 0.317. The minimum atomic E-state index is -1.30. The highest BCUT2D eigenvalue weighted by molar-refractivity contribution is 6.74. The van der Waals surface area contributed by atoms with E-state index in [2.05, 4.69) is 38.1 Å². The summed E-state index contributed by atoms with van der Waals surface area (Å²) in [5.41, 5.74) is 0. The molecule has 0 radical (unpaired) electrons. The maximum atomic E-state index is 10.8. The maximum absolute atomic E-state index is 10.8. The molecular formula is C12H25NO2Si. The highest BCUT2D eigenvalue weighted by Gasteiger charge is 2.26. The lowest BCUT2D eigenvalue weighted by atomic mass is 10.5. The summed E-state index contributed by atoms with van der Waals surface area (Å²) in [5, 5.41) is 0. The Kier molecular flexibility index (Phi) is 7.33. The van der Waals surface area contributed by atoms with E-state index in [0.717, 1.165) is 19.5 Å². The average Bonchev–Trinajstić information content (AvgIpc) is 2.25. The number of hydrogen-bond donors (Lipinski definition) is 0. The first-order chi connectivity index (χ1) is 7.47. The summed E-state index contributed by atoms with van der Waals surface area (Å²) >= 11 is 0. The Morgan fingerprint density at radius 2 is 1.94 bits per heavy atom. The maximum Gasteiger partial charge on any atom is 0.330 e. The Balaban J connectivity index is 3.89. The van der Waals surface area contributed by atoms with Gasteiger partial charge in [0.15, 0.2) is 0 Å². The van der Waals surface area contributed by atoms with Crippen molar-refractivity contribution in [3.8, 4) is 0 Å². The zero-order valence-electron chi connectivity index (χ0n) is 11.1. The molecule has 0 aliphatic heterocycles. The van der Waals surface area contributed by atoms with Crippen LogP contribution in [-0.2, 0) is 9.53 Å². The van der Waals surface area contributed by atoms with Gasteiger partial charge in [0.25, 0.3) is 0 Å². The van der Waals surface area contributed by atoms with Crippen LogP contribution in [0.4, 0.5) is 0 Å². The van der Waals surface area contributed by atoms with Gasteiger partial charge in [-0.2, -0.15) is 0 Å². The van der Waals surface area contributed by atoms with Gasteiger partial charge in [0.1, 0.15) is 8.24 Å². The molecule has 0 aliphatic rings. The molecule has 0 N–H and O–H groups in total. The summed E-state index contributed by atoms with van der Waals surface area (Å²) in [4.78, 5) is 10.8. The Hall–Kier alpha value is -0.613. The van der Waals surface area contributed by atoms with E-state index >= 15 is 0 Å².